The SMILES string of the molecule is COc1cc(O)cc(C(=O)N[C@H](COc2cccc3nc(C)cc(N)c23)C(C)C)c1.O=C=O. The number of methoxy groups -OCH3 is 1. The second kappa shape index (κ2) is 11.5. The van der Waals surface area contributed by atoms with Gasteiger partial charge in [-0.2, -0.15) is 9.59 Å². The summed E-state index contributed by atoms with van der Waals surface area (Å²) in [5, 5.41) is 13.5. The number of amides is 1. The Kier molecular flexibility index (Phi) is 8.77. The van der Waals surface area contributed by atoms with E-state index in [0.29, 0.717) is 22.7 Å². The molecule has 0 aliphatic heterocycles. The maximum absolute atomic E-state index is 12.7. The highest BCUT2D eigenvalue weighted by atomic mass is 16.5. The first-order chi connectivity index (χ1) is 15.7. The van der Waals surface area contributed by atoms with Gasteiger partial charge in [-0.1, -0.05) is 19.9 Å². The third-order valence-electron chi connectivity index (χ3n) is 4.88. The van der Waals surface area contributed by atoms with E-state index in [1.807, 2.05) is 45.0 Å². The van der Waals surface area contributed by atoms with Crippen LogP contribution in [0.1, 0.15) is 29.9 Å². The van der Waals surface area contributed by atoms with Gasteiger partial charge in [-0.25, -0.2) is 0 Å². The molecule has 0 aliphatic carbocycles. The number of aromatic hydroxyl groups is 1. The number of anilines is 1. The summed E-state index contributed by atoms with van der Waals surface area (Å²) in [7, 11) is 1.48. The Morgan fingerprint density at radius 2 is 1.91 bits per heavy atom. The number of rotatable bonds is 7. The first kappa shape index (κ1) is 25.2. The number of nitrogens with one attached hydrogen (secondary N) is 1. The number of hydrogen-bond acceptors (Lipinski definition) is 8. The van der Waals surface area contributed by atoms with Crippen LogP contribution in [0.5, 0.6) is 17.2 Å². The molecule has 3 rings (SSSR count). The van der Waals surface area contributed by atoms with Crippen molar-refractivity contribution in [1.82, 2.24) is 10.3 Å². The van der Waals surface area contributed by atoms with Crippen LogP contribution in [0, 0.1) is 12.8 Å². The Morgan fingerprint density at radius 1 is 1.21 bits per heavy atom. The van der Waals surface area contributed by atoms with E-state index >= 15 is 0 Å². The van der Waals surface area contributed by atoms with Crippen molar-refractivity contribution in [2.45, 2.75) is 26.8 Å². The number of pyridine rings is 1. The Labute approximate surface area is 191 Å². The molecule has 0 fully saturated rings. The maximum atomic E-state index is 12.7. The lowest BCUT2D eigenvalue weighted by atomic mass is 10.0. The summed E-state index contributed by atoms with van der Waals surface area (Å²) in [5.41, 5.74) is 8.72. The highest BCUT2D eigenvalue weighted by molar-refractivity contribution is 5.96. The van der Waals surface area contributed by atoms with Gasteiger partial charge >= 0.3 is 6.15 Å². The molecule has 4 N–H and O–H groups in total. The highest BCUT2D eigenvalue weighted by Crippen LogP contribution is 2.30. The zero-order valence-electron chi connectivity index (χ0n) is 18.9. The molecule has 0 saturated heterocycles. The molecule has 0 aliphatic rings. The number of aromatic nitrogens is 1. The van der Waals surface area contributed by atoms with Crippen molar-refractivity contribution in [2.75, 3.05) is 19.5 Å². The van der Waals surface area contributed by atoms with E-state index in [1.165, 1.54) is 19.2 Å². The third kappa shape index (κ3) is 6.69. The number of nitrogens with two attached hydrogens (primary N) is 1. The molecule has 1 heterocycles. The summed E-state index contributed by atoms with van der Waals surface area (Å²) in [6.07, 6.45) is 0.250. The first-order valence-electron chi connectivity index (χ1n) is 10.2. The maximum Gasteiger partial charge on any atom is 0.373 e. The third-order valence-corrected chi connectivity index (χ3v) is 4.88. The number of carbonyl (C=O) groups is 1. The number of nitrogen functional groups attached to an aromatic ring is 1. The minimum atomic E-state index is -0.318. The average molecular weight is 453 g/mol. The van der Waals surface area contributed by atoms with Crippen LogP contribution < -0.4 is 20.5 Å². The minimum absolute atomic E-state index is 0.0362. The Morgan fingerprint density at radius 3 is 2.55 bits per heavy atom. The van der Waals surface area contributed by atoms with Gasteiger partial charge < -0.3 is 25.6 Å². The predicted molar refractivity (Wildman–Crippen MR) is 122 cm³/mol. The lowest BCUT2D eigenvalue weighted by molar-refractivity contribution is -0.191. The number of phenolic OH excluding ortho intramolecular Hbond substituents is 1. The zero-order valence-corrected chi connectivity index (χ0v) is 18.9. The van der Waals surface area contributed by atoms with Gasteiger partial charge in [0, 0.05) is 23.0 Å². The molecule has 0 radical (unpaired) electrons. The van der Waals surface area contributed by atoms with Crippen LogP contribution in [0.25, 0.3) is 10.9 Å². The number of aryl methyl sites for hydroxylation is 1. The fourth-order valence-electron chi connectivity index (χ4n) is 3.21. The predicted octanol–water partition coefficient (Wildman–Crippen LogP) is 3.09. The molecule has 1 atom stereocenters. The molecule has 9 heteroatoms. The van der Waals surface area contributed by atoms with Gasteiger partial charge in [-0.3, -0.25) is 9.78 Å². The molecule has 9 nitrogen and oxygen atoms in total. The molecule has 1 amide bonds. The number of ether oxygens (including phenoxy) is 2. The number of fused-ring (bicyclic) bond motifs is 1. The lowest BCUT2D eigenvalue weighted by Gasteiger charge is -2.23. The van der Waals surface area contributed by atoms with Gasteiger partial charge in [0.1, 0.15) is 23.9 Å². The van der Waals surface area contributed by atoms with E-state index in [0.717, 1.165) is 16.6 Å². The number of benzene rings is 2. The van der Waals surface area contributed by atoms with Crippen LogP contribution in [0.2, 0.25) is 0 Å². The molecule has 33 heavy (non-hydrogen) atoms. The van der Waals surface area contributed by atoms with Crippen LogP contribution in [0.3, 0.4) is 0 Å². The summed E-state index contributed by atoms with van der Waals surface area (Å²) in [4.78, 5) is 33.5. The quantitative estimate of drug-likeness (QED) is 0.496. The van der Waals surface area contributed by atoms with Crippen LogP contribution >= 0.6 is 0 Å². The monoisotopic (exact) mass is 453 g/mol. The largest absolute Gasteiger partial charge is 0.508 e. The lowest BCUT2D eigenvalue weighted by Crippen LogP contribution is -2.42. The van der Waals surface area contributed by atoms with Crippen molar-refractivity contribution in [2.24, 2.45) is 5.92 Å². The van der Waals surface area contributed by atoms with Gasteiger partial charge in [0.2, 0.25) is 0 Å². The molecule has 0 saturated carbocycles. The van der Waals surface area contributed by atoms with Gasteiger partial charge in [0.15, 0.2) is 0 Å². The summed E-state index contributed by atoms with van der Waals surface area (Å²) in [6.45, 7) is 6.15. The van der Waals surface area contributed by atoms with Crippen molar-refractivity contribution >= 4 is 28.6 Å². The topological polar surface area (TPSA) is 141 Å². The molecule has 3 aromatic rings. The fraction of sp³-hybridized carbons (Fsp3) is 0.292. The summed E-state index contributed by atoms with van der Waals surface area (Å²) >= 11 is 0. The van der Waals surface area contributed by atoms with E-state index in [2.05, 4.69) is 10.3 Å². The van der Waals surface area contributed by atoms with Gasteiger partial charge in [0.05, 0.1) is 24.1 Å². The van der Waals surface area contributed by atoms with E-state index in [9.17, 15) is 9.90 Å². The zero-order chi connectivity index (χ0) is 24.5. The van der Waals surface area contributed by atoms with Crippen molar-refractivity contribution in [3.05, 3.63) is 53.7 Å². The van der Waals surface area contributed by atoms with E-state index in [1.54, 1.807) is 6.07 Å². The van der Waals surface area contributed by atoms with Gasteiger partial charge in [-0.05, 0) is 43.2 Å². The van der Waals surface area contributed by atoms with Crippen molar-refractivity contribution in [1.29, 1.82) is 0 Å². The number of carbonyl (C=O) groups excluding carboxylic acids is 3. The second-order valence-electron chi connectivity index (χ2n) is 7.64. The van der Waals surface area contributed by atoms with E-state index in [-0.39, 0.29) is 36.4 Å². The normalized spacial score (nSPS) is 11.2. The highest BCUT2D eigenvalue weighted by Gasteiger charge is 2.20. The smallest absolute Gasteiger partial charge is 0.373 e. The summed E-state index contributed by atoms with van der Waals surface area (Å²) in [6, 6.07) is 11.6. The molecule has 1 aromatic heterocycles. The Bertz CT molecular complexity index is 1160. The Hall–Kier alpha value is -4.10. The molecule has 0 spiro atoms. The van der Waals surface area contributed by atoms with E-state index < -0.39 is 0 Å². The Balaban J connectivity index is 0.00000122. The molecular formula is C24H27N3O6. The minimum Gasteiger partial charge on any atom is -0.508 e. The van der Waals surface area contributed by atoms with Crippen LogP contribution in [-0.4, -0.2) is 41.9 Å². The van der Waals surface area contributed by atoms with E-state index in [4.69, 9.17) is 24.8 Å². The standard InChI is InChI=1S/C23H27N3O4.CO2/c1-13(2)20(26-23(28)15-9-16(27)11-17(10-15)29-4)12-30-21-7-5-6-19-22(21)18(24)8-14(3)25-19;2-1-3/h5-11,13,20,27H,12H2,1-4H3,(H2,24,25)(H,26,28);/t20-;/m1./s1. The van der Waals surface area contributed by atoms with Crippen molar-refractivity contribution < 1.29 is 29.0 Å². The first-order valence-corrected chi connectivity index (χ1v) is 10.2. The summed E-state index contributed by atoms with van der Waals surface area (Å²) in [5.74, 6) is 0.788. The van der Waals surface area contributed by atoms with Gasteiger partial charge in [-0.15, -0.1) is 0 Å². The molecule has 0 unspecified atom stereocenters. The second-order valence-corrected chi connectivity index (χ2v) is 7.64. The molecular weight excluding hydrogens is 426 g/mol. The van der Waals surface area contributed by atoms with Crippen LogP contribution in [0.15, 0.2) is 42.5 Å². The molecule has 174 valence electrons. The number of nitrogens with zero attached hydrogens (tertiary/aromatic N) is 1. The van der Waals surface area contributed by atoms with Crippen LogP contribution in [-0.2, 0) is 9.59 Å². The number of phenols is 1. The van der Waals surface area contributed by atoms with Crippen LogP contribution in [0.4, 0.5) is 5.69 Å². The molecule has 2 aromatic carbocycles. The summed E-state index contributed by atoms with van der Waals surface area (Å²) < 4.78 is 11.2. The van der Waals surface area contributed by atoms with Crippen molar-refractivity contribution in [3.63, 3.8) is 0 Å². The van der Waals surface area contributed by atoms with Gasteiger partial charge in [0.25, 0.3) is 5.91 Å². The average Bonchev–Trinajstić information content (AvgIpc) is 2.75. The van der Waals surface area contributed by atoms with Crippen molar-refractivity contribution in [3.8, 4) is 17.2 Å². The molecule has 0 bridgehead atoms. The fourth-order valence-corrected chi connectivity index (χ4v) is 3.21. The number of hydrogen-bond donors (Lipinski definition) is 3.